The number of hydrogen-bond acceptors (Lipinski definition) is 3. The Morgan fingerprint density at radius 2 is 2.15 bits per heavy atom. The average Bonchev–Trinajstić information content (AvgIpc) is 2.84. The van der Waals surface area contributed by atoms with E-state index in [2.05, 4.69) is 16.3 Å². The number of anilines is 1. The van der Waals surface area contributed by atoms with Crippen LogP contribution in [0.4, 0.5) is 5.69 Å². The highest BCUT2D eigenvalue weighted by atomic mass is 32.1. The third-order valence-electron chi connectivity index (χ3n) is 4.29. The number of nitrogens with two attached hydrogens (primary N) is 1. The van der Waals surface area contributed by atoms with E-state index >= 15 is 0 Å². The summed E-state index contributed by atoms with van der Waals surface area (Å²) < 4.78 is 0. The summed E-state index contributed by atoms with van der Waals surface area (Å²) in [5, 5.41) is 3.04. The van der Waals surface area contributed by atoms with Crippen LogP contribution >= 0.6 is 12.2 Å². The van der Waals surface area contributed by atoms with Gasteiger partial charge in [-0.05, 0) is 43.9 Å². The van der Waals surface area contributed by atoms with Gasteiger partial charge < -0.3 is 11.1 Å². The van der Waals surface area contributed by atoms with Crippen LogP contribution in [-0.4, -0.2) is 34.4 Å². The van der Waals surface area contributed by atoms with Crippen molar-refractivity contribution < 1.29 is 4.79 Å². The molecule has 0 saturated carbocycles. The molecule has 2 unspecified atom stereocenters. The second-order valence-corrected chi connectivity index (χ2v) is 5.97. The molecular formula is C15H19N3OS. The molecule has 0 bridgehead atoms. The highest BCUT2D eigenvalue weighted by Gasteiger charge is 2.37. The molecule has 1 saturated heterocycles. The van der Waals surface area contributed by atoms with Crippen molar-refractivity contribution in [3.8, 4) is 0 Å². The first-order valence-corrected chi connectivity index (χ1v) is 7.51. The molecule has 3 N–H and O–H groups in total. The van der Waals surface area contributed by atoms with Crippen molar-refractivity contribution in [3.05, 3.63) is 29.8 Å². The number of benzene rings is 1. The lowest BCUT2D eigenvalue weighted by molar-refractivity contribution is -0.121. The van der Waals surface area contributed by atoms with Crippen LogP contribution < -0.4 is 11.1 Å². The van der Waals surface area contributed by atoms with Crippen LogP contribution in [-0.2, 0) is 11.2 Å². The molecule has 106 valence electrons. The van der Waals surface area contributed by atoms with Gasteiger partial charge in [-0.15, -0.1) is 0 Å². The third kappa shape index (κ3) is 2.43. The first-order valence-electron chi connectivity index (χ1n) is 7.10. The van der Waals surface area contributed by atoms with Crippen LogP contribution in [0.3, 0.4) is 0 Å². The molecule has 0 aromatic heterocycles. The summed E-state index contributed by atoms with van der Waals surface area (Å²) in [4.78, 5) is 15.2. The fourth-order valence-electron chi connectivity index (χ4n) is 3.28. The molecule has 1 aromatic carbocycles. The standard InChI is InChI=1S/C15H19N3OS/c16-14(20)12-6-3-9-18(12)13-8-7-10-4-1-2-5-11(10)17-15(13)19/h1-2,4-5,12-13H,3,6-9H2,(H2,16,20)(H,17,19). The van der Waals surface area contributed by atoms with E-state index in [1.807, 2.05) is 18.2 Å². The van der Waals surface area contributed by atoms with E-state index in [1.165, 1.54) is 5.56 Å². The van der Waals surface area contributed by atoms with Crippen LogP contribution in [0.1, 0.15) is 24.8 Å². The number of carbonyl (C=O) groups excluding carboxylic acids is 1. The fraction of sp³-hybridized carbons (Fsp3) is 0.467. The summed E-state index contributed by atoms with van der Waals surface area (Å²) in [5.74, 6) is 0.0677. The minimum absolute atomic E-state index is 0.0677. The number of carbonyl (C=O) groups is 1. The molecular weight excluding hydrogens is 270 g/mol. The van der Waals surface area contributed by atoms with E-state index in [0.29, 0.717) is 4.99 Å². The summed E-state index contributed by atoms with van der Waals surface area (Å²) >= 11 is 5.15. The quantitative estimate of drug-likeness (QED) is 0.814. The molecule has 0 spiro atoms. The Morgan fingerprint density at radius 3 is 2.95 bits per heavy atom. The number of nitrogens with zero attached hydrogens (tertiary/aromatic N) is 1. The van der Waals surface area contributed by atoms with Crippen molar-refractivity contribution >= 4 is 28.8 Å². The fourth-order valence-corrected chi connectivity index (χ4v) is 3.54. The van der Waals surface area contributed by atoms with Gasteiger partial charge in [0, 0.05) is 5.69 Å². The van der Waals surface area contributed by atoms with Gasteiger partial charge in [-0.1, -0.05) is 30.4 Å². The van der Waals surface area contributed by atoms with E-state index in [4.69, 9.17) is 18.0 Å². The molecule has 3 rings (SSSR count). The zero-order valence-electron chi connectivity index (χ0n) is 11.3. The van der Waals surface area contributed by atoms with Gasteiger partial charge in [0.1, 0.15) is 0 Å². The summed E-state index contributed by atoms with van der Waals surface area (Å²) in [6, 6.07) is 7.95. The second-order valence-electron chi connectivity index (χ2n) is 5.50. The Bertz CT molecular complexity index is 546. The molecule has 20 heavy (non-hydrogen) atoms. The highest BCUT2D eigenvalue weighted by Crippen LogP contribution is 2.28. The zero-order valence-corrected chi connectivity index (χ0v) is 12.2. The molecule has 1 fully saturated rings. The van der Waals surface area contributed by atoms with Gasteiger partial charge in [-0.25, -0.2) is 0 Å². The average molecular weight is 289 g/mol. The minimum Gasteiger partial charge on any atom is -0.392 e. The number of para-hydroxylation sites is 1. The number of rotatable bonds is 2. The number of fused-ring (bicyclic) bond motifs is 1. The van der Waals surface area contributed by atoms with Crippen LogP contribution in [0.5, 0.6) is 0 Å². The van der Waals surface area contributed by atoms with Crippen molar-refractivity contribution in [2.75, 3.05) is 11.9 Å². The number of amides is 1. The van der Waals surface area contributed by atoms with Crippen molar-refractivity contribution in [2.45, 2.75) is 37.8 Å². The molecule has 2 aliphatic rings. The summed E-state index contributed by atoms with van der Waals surface area (Å²) in [7, 11) is 0. The molecule has 1 amide bonds. The van der Waals surface area contributed by atoms with Crippen LogP contribution in [0, 0.1) is 0 Å². The molecule has 2 atom stereocenters. The van der Waals surface area contributed by atoms with E-state index in [9.17, 15) is 4.79 Å². The van der Waals surface area contributed by atoms with Gasteiger partial charge in [0.15, 0.2) is 0 Å². The Labute approximate surface area is 124 Å². The molecule has 2 aliphatic heterocycles. The lowest BCUT2D eigenvalue weighted by Crippen LogP contribution is -2.50. The number of nitrogens with one attached hydrogen (secondary N) is 1. The number of thiocarbonyl (C=S) groups is 1. The van der Waals surface area contributed by atoms with Crippen molar-refractivity contribution in [2.24, 2.45) is 5.73 Å². The van der Waals surface area contributed by atoms with Crippen molar-refractivity contribution in [3.63, 3.8) is 0 Å². The summed E-state index contributed by atoms with van der Waals surface area (Å²) in [5.41, 5.74) is 7.96. The lowest BCUT2D eigenvalue weighted by atomic mass is 10.0. The predicted octanol–water partition coefficient (Wildman–Crippen LogP) is 1.69. The predicted molar refractivity (Wildman–Crippen MR) is 83.7 cm³/mol. The number of hydrogen-bond donors (Lipinski definition) is 2. The Balaban J connectivity index is 1.82. The summed E-state index contributed by atoms with van der Waals surface area (Å²) in [6.07, 6.45) is 3.74. The molecule has 0 radical (unpaired) electrons. The summed E-state index contributed by atoms with van der Waals surface area (Å²) in [6.45, 7) is 0.899. The molecule has 1 aromatic rings. The maximum Gasteiger partial charge on any atom is 0.241 e. The monoisotopic (exact) mass is 289 g/mol. The van der Waals surface area contributed by atoms with Gasteiger partial charge in [0.25, 0.3) is 0 Å². The Kier molecular flexibility index (Phi) is 3.72. The first-order chi connectivity index (χ1) is 9.66. The Morgan fingerprint density at radius 1 is 1.35 bits per heavy atom. The van der Waals surface area contributed by atoms with Gasteiger partial charge in [0.2, 0.25) is 5.91 Å². The lowest BCUT2D eigenvalue weighted by Gasteiger charge is -2.30. The maximum absolute atomic E-state index is 12.5. The zero-order chi connectivity index (χ0) is 14.1. The Hall–Kier alpha value is -1.46. The van der Waals surface area contributed by atoms with E-state index in [0.717, 1.165) is 37.9 Å². The van der Waals surface area contributed by atoms with E-state index < -0.39 is 0 Å². The molecule has 5 heteroatoms. The SMILES string of the molecule is NC(=S)C1CCCN1C1CCc2ccccc2NC1=O. The number of likely N-dealkylation sites (tertiary alicyclic amines) is 1. The van der Waals surface area contributed by atoms with Gasteiger partial charge in [-0.3, -0.25) is 9.69 Å². The molecule has 0 aliphatic carbocycles. The van der Waals surface area contributed by atoms with Gasteiger partial charge in [0.05, 0.1) is 17.1 Å². The second kappa shape index (κ2) is 5.50. The van der Waals surface area contributed by atoms with Gasteiger partial charge >= 0.3 is 0 Å². The van der Waals surface area contributed by atoms with Crippen molar-refractivity contribution in [1.29, 1.82) is 0 Å². The molecule has 2 heterocycles. The smallest absolute Gasteiger partial charge is 0.241 e. The minimum atomic E-state index is -0.128. The number of aryl methyl sites for hydroxylation is 1. The largest absolute Gasteiger partial charge is 0.392 e. The van der Waals surface area contributed by atoms with Crippen LogP contribution in [0.2, 0.25) is 0 Å². The van der Waals surface area contributed by atoms with Crippen LogP contribution in [0.25, 0.3) is 0 Å². The molecule has 4 nitrogen and oxygen atoms in total. The third-order valence-corrected chi connectivity index (χ3v) is 4.56. The van der Waals surface area contributed by atoms with E-state index in [1.54, 1.807) is 0 Å². The first kappa shape index (κ1) is 13.5. The maximum atomic E-state index is 12.5. The van der Waals surface area contributed by atoms with Crippen molar-refractivity contribution in [1.82, 2.24) is 4.90 Å². The van der Waals surface area contributed by atoms with Gasteiger partial charge in [-0.2, -0.15) is 0 Å². The normalized spacial score (nSPS) is 26.7. The highest BCUT2D eigenvalue weighted by molar-refractivity contribution is 7.80. The van der Waals surface area contributed by atoms with E-state index in [-0.39, 0.29) is 18.0 Å². The topological polar surface area (TPSA) is 58.4 Å². The van der Waals surface area contributed by atoms with Crippen LogP contribution in [0.15, 0.2) is 24.3 Å².